The molecule has 1 N–H and O–H groups in total. The number of amides is 2. The molecule has 0 aliphatic rings. The van der Waals surface area contributed by atoms with Gasteiger partial charge in [-0.2, -0.15) is 0 Å². The third-order valence-corrected chi connectivity index (χ3v) is 6.08. The van der Waals surface area contributed by atoms with E-state index in [1.165, 1.54) is 11.3 Å². The molecular weight excluding hydrogens is 446 g/mol. The molecule has 0 atom stereocenters. The summed E-state index contributed by atoms with van der Waals surface area (Å²) in [5, 5.41) is 5.30. The maximum Gasteiger partial charge on any atom is 0.271 e. The molecule has 0 radical (unpaired) electrons. The van der Waals surface area contributed by atoms with Gasteiger partial charge in [-0.15, -0.1) is 11.3 Å². The molecule has 1 aromatic heterocycles. The Morgan fingerprint density at radius 1 is 0.882 bits per heavy atom. The van der Waals surface area contributed by atoms with Crippen LogP contribution in [0.3, 0.4) is 0 Å². The molecule has 3 aromatic carbocycles. The largest absolute Gasteiger partial charge is 0.496 e. The highest BCUT2D eigenvalue weighted by Gasteiger charge is 2.22. The third-order valence-electron chi connectivity index (χ3n) is 5.25. The van der Waals surface area contributed by atoms with Crippen LogP contribution in [0.25, 0.3) is 0 Å². The molecule has 0 spiro atoms. The van der Waals surface area contributed by atoms with E-state index in [1.807, 2.05) is 72.8 Å². The molecule has 0 unspecified atom stereocenters. The Balaban J connectivity index is 1.50. The molecule has 0 saturated heterocycles. The average molecular weight is 472 g/mol. The lowest BCUT2D eigenvalue weighted by atomic mass is 10.1. The van der Waals surface area contributed by atoms with E-state index in [1.54, 1.807) is 29.5 Å². The lowest BCUT2D eigenvalue weighted by Crippen LogP contribution is -2.30. The third kappa shape index (κ3) is 5.88. The van der Waals surface area contributed by atoms with Gasteiger partial charge in [0.1, 0.15) is 16.5 Å². The first-order valence-corrected chi connectivity index (χ1v) is 11.7. The first-order valence-electron chi connectivity index (χ1n) is 10.9. The number of ether oxygens (including phenoxy) is 1. The zero-order valence-electron chi connectivity index (χ0n) is 18.8. The van der Waals surface area contributed by atoms with Crippen LogP contribution in [0.1, 0.15) is 37.0 Å². The van der Waals surface area contributed by atoms with E-state index >= 15 is 0 Å². The second kappa shape index (κ2) is 11.2. The van der Waals surface area contributed by atoms with E-state index in [4.69, 9.17) is 4.74 Å². The van der Waals surface area contributed by atoms with E-state index in [9.17, 15) is 9.59 Å². The summed E-state index contributed by atoms with van der Waals surface area (Å²) in [6, 6.07) is 26.7. The predicted octanol–water partition coefficient (Wildman–Crippen LogP) is 4.92. The van der Waals surface area contributed by atoms with Gasteiger partial charge in [0.25, 0.3) is 11.8 Å². The maximum absolute atomic E-state index is 13.5. The number of thiazole rings is 1. The summed E-state index contributed by atoms with van der Waals surface area (Å²) in [6.07, 6.45) is 0. The van der Waals surface area contributed by atoms with Gasteiger partial charge >= 0.3 is 0 Å². The zero-order chi connectivity index (χ0) is 23.8. The maximum atomic E-state index is 13.5. The number of hydrogen-bond acceptors (Lipinski definition) is 5. The number of methoxy groups -OCH3 is 1. The van der Waals surface area contributed by atoms with Gasteiger partial charge in [-0.05, 0) is 23.3 Å². The highest BCUT2D eigenvalue weighted by Crippen LogP contribution is 2.23. The Hall–Kier alpha value is -3.97. The summed E-state index contributed by atoms with van der Waals surface area (Å²) in [5.74, 6) is 0.120. The Labute approximate surface area is 202 Å². The number of nitrogens with zero attached hydrogens (tertiary/aromatic N) is 2. The summed E-state index contributed by atoms with van der Waals surface area (Å²) < 4.78 is 5.40. The SMILES string of the molecule is COc1ccccc1C(=O)N(Cc1ccccc1)Cc1nc(C(=O)NCc2ccccc2)cs1. The molecule has 4 rings (SSSR count). The number of hydrogen-bond donors (Lipinski definition) is 1. The number of para-hydroxylation sites is 1. The number of rotatable bonds is 9. The minimum atomic E-state index is -0.239. The molecule has 34 heavy (non-hydrogen) atoms. The summed E-state index contributed by atoms with van der Waals surface area (Å²) >= 11 is 1.36. The summed E-state index contributed by atoms with van der Waals surface area (Å²) in [5.41, 5.74) is 2.85. The minimum absolute atomic E-state index is 0.161. The molecule has 0 fully saturated rings. The zero-order valence-corrected chi connectivity index (χ0v) is 19.6. The molecule has 0 aliphatic carbocycles. The number of carbonyl (C=O) groups is 2. The van der Waals surface area contributed by atoms with Crippen molar-refractivity contribution >= 4 is 23.2 Å². The lowest BCUT2D eigenvalue weighted by Gasteiger charge is -2.23. The molecule has 1 heterocycles. The highest BCUT2D eigenvalue weighted by molar-refractivity contribution is 7.09. The highest BCUT2D eigenvalue weighted by atomic mass is 32.1. The Morgan fingerprint density at radius 2 is 1.53 bits per heavy atom. The van der Waals surface area contributed by atoms with Crippen LogP contribution in [0.5, 0.6) is 5.75 Å². The average Bonchev–Trinajstić information content (AvgIpc) is 3.36. The Kier molecular flexibility index (Phi) is 7.67. The van der Waals surface area contributed by atoms with Gasteiger partial charge < -0.3 is 15.0 Å². The standard InChI is InChI=1S/C27H25N3O3S/c1-33-24-15-9-8-14-22(24)27(32)30(17-21-12-6-3-7-13-21)18-25-29-23(19-34-25)26(31)28-16-20-10-4-2-5-11-20/h2-15,19H,16-18H2,1H3,(H,28,31). The number of aromatic nitrogens is 1. The second-order valence-electron chi connectivity index (χ2n) is 7.64. The summed E-state index contributed by atoms with van der Waals surface area (Å²) in [7, 11) is 1.55. The fourth-order valence-corrected chi connectivity index (χ4v) is 4.30. The van der Waals surface area contributed by atoms with Gasteiger partial charge in [0.15, 0.2) is 0 Å². The van der Waals surface area contributed by atoms with Gasteiger partial charge in [0.05, 0.1) is 19.2 Å². The molecule has 0 bridgehead atoms. The molecule has 6 nitrogen and oxygen atoms in total. The van der Waals surface area contributed by atoms with Crippen LogP contribution in [0.2, 0.25) is 0 Å². The van der Waals surface area contributed by atoms with Gasteiger partial charge in [-0.25, -0.2) is 4.98 Å². The summed E-state index contributed by atoms with van der Waals surface area (Å²) in [6.45, 7) is 1.12. The van der Waals surface area contributed by atoms with E-state index in [0.29, 0.717) is 35.1 Å². The summed E-state index contributed by atoms with van der Waals surface area (Å²) in [4.78, 5) is 32.3. The van der Waals surface area contributed by atoms with E-state index < -0.39 is 0 Å². The molecular formula is C27H25N3O3S. The number of carbonyl (C=O) groups excluding carboxylic acids is 2. The van der Waals surface area contributed by atoms with Crippen LogP contribution in [0.4, 0.5) is 0 Å². The molecule has 7 heteroatoms. The van der Waals surface area contributed by atoms with Crippen molar-refractivity contribution in [2.24, 2.45) is 0 Å². The van der Waals surface area contributed by atoms with Crippen LogP contribution < -0.4 is 10.1 Å². The van der Waals surface area contributed by atoms with E-state index in [0.717, 1.165) is 11.1 Å². The molecule has 172 valence electrons. The second-order valence-corrected chi connectivity index (χ2v) is 8.58. The topological polar surface area (TPSA) is 71.5 Å². The molecule has 4 aromatic rings. The van der Waals surface area contributed by atoms with Crippen molar-refractivity contribution in [1.82, 2.24) is 15.2 Å². The van der Waals surface area contributed by atoms with Crippen molar-refractivity contribution in [2.45, 2.75) is 19.6 Å². The number of nitrogens with one attached hydrogen (secondary N) is 1. The van der Waals surface area contributed by atoms with Crippen LogP contribution >= 0.6 is 11.3 Å². The van der Waals surface area contributed by atoms with Crippen molar-refractivity contribution in [1.29, 1.82) is 0 Å². The van der Waals surface area contributed by atoms with Gasteiger partial charge in [0.2, 0.25) is 0 Å². The molecule has 0 aliphatic heterocycles. The first kappa shape index (κ1) is 23.2. The van der Waals surface area contributed by atoms with Crippen molar-refractivity contribution < 1.29 is 14.3 Å². The minimum Gasteiger partial charge on any atom is -0.496 e. The van der Waals surface area contributed by atoms with Gasteiger partial charge in [-0.1, -0.05) is 72.8 Å². The first-order chi connectivity index (χ1) is 16.6. The van der Waals surface area contributed by atoms with Crippen molar-refractivity contribution in [3.63, 3.8) is 0 Å². The molecule has 2 amide bonds. The predicted molar refractivity (Wildman–Crippen MR) is 133 cm³/mol. The van der Waals surface area contributed by atoms with Gasteiger partial charge in [0, 0.05) is 18.5 Å². The number of benzene rings is 3. The van der Waals surface area contributed by atoms with Crippen LogP contribution in [0.15, 0.2) is 90.3 Å². The van der Waals surface area contributed by atoms with Crippen LogP contribution in [-0.2, 0) is 19.6 Å². The van der Waals surface area contributed by atoms with Crippen LogP contribution in [0, 0.1) is 0 Å². The monoisotopic (exact) mass is 471 g/mol. The smallest absolute Gasteiger partial charge is 0.271 e. The Morgan fingerprint density at radius 3 is 2.24 bits per heavy atom. The fraction of sp³-hybridized carbons (Fsp3) is 0.148. The fourth-order valence-electron chi connectivity index (χ4n) is 3.51. The van der Waals surface area contributed by atoms with E-state index in [2.05, 4.69) is 10.3 Å². The van der Waals surface area contributed by atoms with Crippen LogP contribution in [-0.4, -0.2) is 28.8 Å². The Bertz CT molecular complexity index is 1240. The van der Waals surface area contributed by atoms with Crippen molar-refractivity contribution in [2.75, 3.05) is 7.11 Å². The lowest BCUT2D eigenvalue weighted by molar-refractivity contribution is 0.0726. The molecule has 0 saturated carbocycles. The van der Waals surface area contributed by atoms with Crippen molar-refractivity contribution in [3.8, 4) is 5.75 Å². The quantitative estimate of drug-likeness (QED) is 0.376. The van der Waals surface area contributed by atoms with E-state index in [-0.39, 0.29) is 18.4 Å². The van der Waals surface area contributed by atoms with Gasteiger partial charge in [-0.3, -0.25) is 9.59 Å². The van der Waals surface area contributed by atoms with Crippen molar-refractivity contribution in [3.05, 3.63) is 118 Å². The normalized spacial score (nSPS) is 10.5.